The summed E-state index contributed by atoms with van der Waals surface area (Å²) in [5.41, 5.74) is 3.67. The summed E-state index contributed by atoms with van der Waals surface area (Å²) in [6.07, 6.45) is 3.43. The van der Waals surface area contributed by atoms with Gasteiger partial charge in [0.2, 0.25) is 0 Å². The van der Waals surface area contributed by atoms with Crippen molar-refractivity contribution in [1.82, 2.24) is 38.0 Å². The summed E-state index contributed by atoms with van der Waals surface area (Å²) in [5, 5.41) is 5.55. The van der Waals surface area contributed by atoms with Crippen LogP contribution in [0.1, 0.15) is 0 Å². The first kappa shape index (κ1) is 29.3. The summed E-state index contributed by atoms with van der Waals surface area (Å²) >= 11 is 0. The molecule has 9 aromatic rings. The van der Waals surface area contributed by atoms with E-state index >= 15 is 0 Å². The Hall–Kier alpha value is -6.12. The van der Waals surface area contributed by atoms with Gasteiger partial charge in [-0.15, -0.1) is 12.1 Å². The molecule has 5 aromatic heterocycles. The minimum Gasteiger partial charge on any atom is -0.315 e. The number of hydrogen-bond donors (Lipinski definition) is 0. The SMILES string of the molecule is O=c1n(-c2ccccn2)c2[c-]c3c(cc2n1-c1ccccc1)n(-c1ccccc1)c(=O)n3-c1cccc(-n2ncc3ccccc32)n1.[Pt]. The van der Waals surface area contributed by atoms with Crippen molar-refractivity contribution in [2.24, 2.45) is 0 Å². The average Bonchev–Trinajstić information content (AvgIpc) is 3.77. The Morgan fingerprint density at radius 3 is 1.73 bits per heavy atom. The van der Waals surface area contributed by atoms with Crippen LogP contribution in [0.2, 0.25) is 0 Å². The third-order valence-corrected chi connectivity index (χ3v) is 8.24. The first-order valence-corrected chi connectivity index (χ1v) is 15.0. The van der Waals surface area contributed by atoms with Crippen LogP contribution in [0, 0.1) is 6.07 Å². The standard InChI is InChI=1S/C37H23N8O2.Pt/c46-36-41(26-13-3-1-4-14-26)29-22-30-32(23-31(29)43(36)33-18-9-10-21-38-33)44(37(47)42(30)27-15-5-2-6-16-27)34-19-11-20-35(40-34)45-28-17-8-7-12-25(28)24-39-45;/h1-22,24H;/q-1;. The number of imidazole rings is 2. The van der Waals surface area contributed by atoms with Gasteiger partial charge in [0.15, 0.2) is 5.82 Å². The maximum Gasteiger partial charge on any atom is 0.326 e. The molecule has 0 radical (unpaired) electrons. The molecule has 4 aromatic carbocycles. The van der Waals surface area contributed by atoms with Crippen molar-refractivity contribution in [1.29, 1.82) is 0 Å². The van der Waals surface area contributed by atoms with Gasteiger partial charge in [0.25, 0.3) is 0 Å². The summed E-state index contributed by atoms with van der Waals surface area (Å²) in [4.78, 5) is 38.2. The molecule has 0 saturated carbocycles. The van der Waals surface area contributed by atoms with E-state index in [1.807, 2.05) is 109 Å². The average molecular weight is 807 g/mol. The van der Waals surface area contributed by atoms with Gasteiger partial charge in [-0.1, -0.05) is 66.7 Å². The van der Waals surface area contributed by atoms with Gasteiger partial charge in [0.1, 0.15) is 11.6 Å². The molecule has 0 amide bonds. The molecule has 0 aliphatic carbocycles. The van der Waals surface area contributed by atoms with Crippen molar-refractivity contribution in [3.63, 3.8) is 0 Å². The maximum absolute atomic E-state index is 14.5. The van der Waals surface area contributed by atoms with E-state index in [1.165, 1.54) is 9.13 Å². The fourth-order valence-corrected chi connectivity index (χ4v) is 6.16. The zero-order valence-electron chi connectivity index (χ0n) is 25.0. The summed E-state index contributed by atoms with van der Waals surface area (Å²) in [6.45, 7) is 0. The van der Waals surface area contributed by atoms with Gasteiger partial charge in [-0.3, -0.25) is 9.13 Å². The molecule has 9 rings (SSSR count). The topological polar surface area (TPSA) is 97.5 Å². The van der Waals surface area contributed by atoms with Gasteiger partial charge < -0.3 is 9.13 Å². The molecule has 0 N–H and O–H groups in total. The Kier molecular flexibility index (Phi) is 7.08. The van der Waals surface area contributed by atoms with Crippen molar-refractivity contribution in [2.75, 3.05) is 0 Å². The molecular formula is C37H23N8O2Pt-. The molecule has 0 bridgehead atoms. The van der Waals surface area contributed by atoms with E-state index in [1.54, 1.807) is 44.4 Å². The Morgan fingerprint density at radius 2 is 1.08 bits per heavy atom. The summed E-state index contributed by atoms with van der Waals surface area (Å²) in [6, 6.07) is 42.9. The maximum atomic E-state index is 14.5. The number of para-hydroxylation sites is 3. The van der Waals surface area contributed by atoms with E-state index in [0.29, 0.717) is 50.9 Å². The van der Waals surface area contributed by atoms with Crippen LogP contribution in [0.15, 0.2) is 149 Å². The summed E-state index contributed by atoms with van der Waals surface area (Å²) < 4.78 is 8.06. The van der Waals surface area contributed by atoms with E-state index in [-0.39, 0.29) is 32.4 Å². The second-order valence-electron chi connectivity index (χ2n) is 11.0. The first-order valence-electron chi connectivity index (χ1n) is 15.0. The Morgan fingerprint density at radius 1 is 0.521 bits per heavy atom. The molecule has 11 heteroatoms. The fourth-order valence-electron chi connectivity index (χ4n) is 6.16. The second kappa shape index (κ2) is 11.6. The summed E-state index contributed by atoms with van der Waals surface area (Å²) in [5.74, 6) is 1.38. The number of aromatic nitrogens is 8. The number of pyridine rings is 2. The van der Waals surface area contributed by atoms with E-state index in [2.05, 4.69) is 16.1 Å². The van der Waals surface area contributed by atoms with Gasteiger partial charge in [0, 0.05) is 44.0 Å². The van der Waals surface area contributed by atoms with Gasteiger partial charge in [0.05, 0.1) is 11.7 Å². The molecule has 0 aliphatic heterocycles. The van der Waals surface area contributed by atoms with Crippen LogP contribution < -0.4 is 11.4 Å². The van der Waals surface area contributed by atoms with Crippen LogP contribution in [0.5, 0.6) is 0 Å². The van der Waals surface area contributed by atoms with Gasteiger partial charge in [-0.25, -0.2) is 24.2 Å². The number of hydrogen-bond acceptors (Lipinski definition) is 5. The predicted octanol–water partition coefficient (Wildman–Crippen LogP) is 5.80. The molecule has 0 unspecified atom stereocenters. The molecule has 234 valence electrons. The Balaban J connectivity index is 0.00000336. The van der Waals surface area contributed by atoms with Crippen LogP contribution in [0.3, 0.4) is 0 Å². The molecule has 0 fully saturated rings. The van der Waals surface area contributed by atoms with Crippen LogP contribution in [0.25, 0.3) is 61.8 Å². The molecular weight excluding hydrogens is 784 g/mol. The van der Waals surface area contributed by atoms with E-state index in [0.717, 1.165) is 10.9 Å². The van der Waals surface area contributed by atoms with Crippen molar-refractivity contribution in [2.45, 2.75) is 0 Å². The third kappa shape index (κ3) is 4.49. The van der Waals surface area contributed by atoms with Crippen molar-refractivity contribution >= 4 is 33.0 Å². The second-order valence-corrected chi connectivity index (χ2v) is 11.0. The van der Waals surface area contributed by atoms with Crippen molar-refractivity contribution in [3.8, 4) is 28.8 Å². The zero-order chi connectivity index (χ0) is 31.5. The summed E-state index contributed by atoms with van der Waals surface area (Å²) in [7, 11) is 0. The molecule has 48 heavy (non-hydrogen) atoms. The number of rotatable bonds is 5. The first-order chi connectivity index (χ1) is 23.2. The molecule has 5 heterocycles. The number of fused-ring (bicyclic) bond motifs is 3. The number of benzene rings is 4. The van der Waals surface area contributed by atoms with Crippen LogP contribution in [0.4, 0.5) is 0 Å². The van der Waals surface area contributed by atoms with Crippen LogP contribution in [-0.2, 0) is 21.1 Å². The zero-order valence-corrected chi connectivity index (χ0v) is 27.3. The van der Waals surface area contributed by atoms with Crippen LogP contribution >= 0.6 is 0 Å². The fraction of sp³-hybridized carbons (Fsp3) is 0. The molecule has 0 spiro atoms. The normalized spacial score (nSPS) is 11.3. The minimum atomic E-state index is -0.330. The van der Waals surface area contributed by atoms with Gasteiger partial charge in [-0.2, -0.15) is 5.10 Å². The van der Waals surface area contributed by atoms with Gasteiger partial charge >= 0.3 is 11.4 Å². The smallest absolute Gasteiger partial charge is 0.315 e. The van der Waals surface area contributed by atoms with Crippen LogP contribution in [-0.4, -0.2) is 38.0 Å². The van der Waals surface area contributed by atoms with E-state index < -0.39 is 0 Å². The molecule has 0 atom stereocenters. The van der Waals surface area contributed by atoms with Crippen molar-refractivity contribution in [3.05, 3.63) is 167 Å². The minimum absolute atomic E-state index is 0. The Labute approximate surface area is 286 Å². The molecule has 10 nitrogen and oxygen atoms in total. The quantitative estimate of drug-likeness (QED) is 0.205. The number of nitrogens with zero attached hydrogens (tertiary/aromatic N) is 8. The van der Waals surface area contributed by atoms with E-state index in [4.69, 9.17) is 4.98 Å². The third-order valence-electron chi connectivity index (χ3n) is 8.24. The van der Waals surface area contributed by atoms with Crippen molar-refractivity contribution < 1.29 is 21.1 Å². The largest absolute Gasteiger partial charge is 0.326 e. The molecule has 0 saturated heterocycles. The predicted molar refractivity (Wildman–Crippen MR) is 180 cm³/mol. The van der Waals surface area contributed by atoms with Gasteiger partial charge in [-0.05, 0) is 76.7 Å². The monoisotopic (exact) mass is 806 g/mol. The Bertz CT molecular complexity index is 2730. The van der Waals surface area contributed by atoms with E-state index in [9.17, 15) is 9.59 Å². The molecule has 0 aliphatic rings.